The van der Waals surface area contributed by atoms with Gasteiger partial charge in [-0.1, -0.05) is 65.0 Å². The molecule has 6 nitrogen and oxygen atoms in total. The molecule has 0 saturated carbocycles. The van der Waals surface area contributed by atoms with Gasteiger partial charge >= 0.3 is 0 Å². The molecular weight excluding hydrogens is 504 g/mol. The molecule has 40 heavy (non-hydrogen) atoms. The number of ether oxygens (including phenoxy) is 3. The summed E-state index contributed by atoms with van der Waals surface area (Å²) in [7, 11) is 0. The second kappa shape index (κ2) is 9.10. The first-order valence-corrected chi connectivity index (χ1v) is 14.1. The van der Waals surface area contributed by atoms with Crippen LogP contribution in [0.1, 0.15) is 54.0 Å². The van der Waals surface area contributed by atoms with E-state index >= 15 is 0 Å². The van der Waals surface area contributed by atoms with Crippen LogP contribution in [-0.4, -0.2) is 30.5 Å². The summed E-state index contributed by atoms with van der Waals surface area (Å²) in [5, 5.41) is 14.5. The Balaban J connectivity index is 1.79. The third kappa shape index (κ3) is 3.46. The molecule has 0 bridgehead atoms. The molecule has 2 aliphatic heterocycles. The monoisotopic (exact) mass is 542 g/mol. The molecule has 2 atom stereocenters. The van der Waals surface area contributed by atoms with E-state index in [9.17, 15) is 5.11 Å². The van der Waals surface area contributed by atoms with Crippen LogP contribution in [0.25, 0.3) is 32.7 Å². The Morgan fingerprint density at radius 1 is 0.825 bits per heavy atom. The summed E-state index contributed by atoms with van der Waals surface area (Å²) in [6.07, 6.45) is 0. The van der Waals surface area contributed by atoms with E-state index in [1.165, 1.54) is 0 Å². The lowest BCUT2D eigenvalue weighted by molar-refractivity contribution is -0.626. The van der Waals surface area contributed by atoms with Crippen molar-refractivity contribution in [3.63, 3.8) is 0 Å². The lowest BCUT2D eigenvalue weighted by Crippen LogP contribution is -2.73. The van der Waals surface area contributed by atoms with Gasteiger partial charge in [0.1, 0.15) is 17.2 Å². The van der Waals surface area contributed by atoms with Crippen LogP contribution in [0.3, 0.4) is 0 Å². The van der Waals surface area contributed by atoms with Crippen LogP contribution in [0.2, 0.25) is 0 Å². The molecule has 2 heterocycles. The van der Waals surface area contributed by atoms with E-state index in [0.29, 0.717) is 25.6 Å². The van der Waals surface area contributed by atoms with E-state index in [0.717, 1.165) is 44.0 Å². The lowest BCUT2D eigenvalue weighted by Gasteiger charge is -2.61. The van der Waals surface area contributed by atoms with Gasteiger partial charge in [0.25, 0.3) is 5.79 Å². The minimum Gasteiger partial charge on any atom is -0.508 e. The van der Waals surface area contributed by atoms with Crippen LogP contribution in [-0.2, 0) is 20.3 Å². The summed E-state index contributed by atoms with van der Waals surface area (Å²) < 4.78 is 19.5. The maximum atomic E-state index is 10.6. The van der Waals surface area contributed by atoms with Crippen LogP contribution in [0.5, 0.6) is 17.2 Å². The van der Waals surface area contributed by atoms with Gasteiger partial charge in [-0.3, -0.25) is 0 Å². The number of aromatic hydroxyl groups is 1. The van der Waals surface area contributed by atoms with Gasteiger partial charge in [0, 0.05) is 22.0 Å². The Morgan fingerprint density at radius 2 is 1.55 bits per heavy atom. The average Bonchev–Trinajstić information content (AvgIpc) is 3.04. The first kappa shape index (κ1) is 26.9. The fraction of sp³-hybridized carbons (Fsp3) is 0.412. The normalized spacial score (nSPS) is 23.7. The van der Waals surface area contributed by atoms with Crippen molar-refractivity contribution in [1.29, 1.82) is 0 Å². The van der Waals surface area contributed by atoms with Gasteiger partial charge in [-0.25, -0.2) is 4.89 Å². The topological polar surface area (TPSA) is 66.4 Å². The molecule has 0 radical (unpaired) electrons. The zero-order valence-electron chi connectivity index (χ0n) is 24.4. The van der Waals surface area contributed by atoms with E-state index in [-0.39, 0.29) is 16.6 Å². The number of hydrogen-bond acceptors (Lipinski definition) is 6. The predicted molar refractivity (Wildman–Crippen MR) is 157 cm³/mol. The molecule has 0 amide bonds. The van der Waals surface area contributed by atoms with E-state index in [1.807, 2.05) is 44.2 Å². The molecule has 2 saturated heterocycles. The van der Waals surface area contributed by atoms with Crippen molar-refractivity contribution in [3.8, 4) is 28.4 Å². The maximum Gasteiger partial charge on any atom is 0.265 e. The van der Waals surface area contributed by atoms with Gasteiger partial charge < -0.3 is 19.3 Å². The molecule has 2 fully saturated rings. The van der Waals surface area contributed by atoms with Gasteiger partial charge in [0.2, 0.25) is 0 Å². The number of phenolic OH excluding ortho intramolecular Hbond substituents is 1. The molecule has 6 heteroatoms. The largest absolute Gasteiger partial charge is 0.508 e. The van der Waals surface area contributed by atoms with Gasteiger partial charge in [0.15, 0.2) is 5.60 Å². The molecule has 0 unspecified atom stereocenters. The highest BCUT2D eigenvalue weighted by Crippen LogP contribution is 2.70. The first-order chi connectivity index (χ1) is 19.0. The van der Waals surface area contributed by atoms with E-state index in [2.05, 4.69) is 52.8 Å². The second-order valence-electron chi connectivity index (χ2n) is 12.4. The molecule has 210 valence electrons. The van der Waals surface area contributed by atoms with Crippen LogP contribution >= 0.6 is 0 Å². The summed E-state index contributed by atoms with van der Waals surface area (Å²) in [6, 6.07) is 19.8. The second-order valence-corrected chi connectivity index (χ2v) is 12.4. The van der Waals surface area contributed by atoms with Crippen molar-refractivity contribution in [1.82, 2.24) is 0 Å². The summed E-state index contributed by atoms with van der Waals surface area (Å²) in [5.41, 5.74) is 1.02. The van der Waals surface area contributed by atoms with E-state index in [4.69, 9.17) is 24.0 Å². The maximum absolute atomic E-state index is 10.6. The van der Waals surface area contributed by atoms with Crippen molar-refractivity contribution in [2.24, 2.45) is 10.8 Å². The molecule has 0 aromatic heterocycles. The zero-order valence-corrected chi connectivity index (χ0v) is 24.4. The Labute approximate surface area is 235 Å². The Kier molecular flexibility index (Phi) is 6.11. The molecule has 2 aliphatic rings. The summed E-state index contributed by atoms with van der Waals surface area (Å²) in [4.78, 5) is 12.3. The van der Waals surface area contributed by atoms with Gasteiger partial charge in [-0.15, -0.1) is 0 Å². The first-order valence-electron chi connectivity index (χ1n) is 14.1. The van der Waals surface area contributed by atoms with Crippen LogP contribution in [0, 0.1) is 10.8 Å². The smallest absolute Gasteiger partial charge is 0.265 e. The lowest BCUT2D eigenvalue weighted by atomic mass is 9.57. The number of rotatable bonds is 6. The van der Waals surface area contributed by atoms with Gasteiger partial charge in [-0.05, 0) is 65.7 Å². The number of fused-ring (bicyclic) bond motifs is 3. The van der Waals surface area contributed by atoms with E-state index < -0.39 is 11.4 Å². The zero-order chi connectivity index (χ0) is 28.5. The third-order valence-electron chi connectivity index (χ3n) is 8.55. The minimum absolute atomic E-state index is 0.176. The van der Waals surface area contributed by atoms with Gasteiger partial charge in [-0.2, -0.15) is 4.89 Å². The number of phenols is 1. The highest BCUT2D eigenvalue weighted by atomic mass is 17.3. The Bertz CT molecular complexity index is 1620. The fourth-order valence-corrected chi connectivity index (χ4v) is 7.16. The minimum atomic E-state index is -1.22. The van der Waals surface area contributed by atoms with Crippen molar-refractivity contribution < 1.29 is 29.1 Å². The highest BCUT2D eigenvalue weighted by Gasteiger charge is 2.82. The Morgan fingerprint density at radius 3 is 2.23 bits per heavy atom. The average molecular weight is 543 g/mol. The van der Waals surface area contributed by atoms with Crippen LogP contribution in [0.4, 0.5) is 0 Å². The van der Waals surface area contributed by atoms with Gasteiger partial charge in [0.05, 0.1) is 25.4 Å². The molecule has 4 aromatic rings. The van der Waals surface area contributed by atoms with Crippen molar-refractivity contribution in [2.45, 2.75) is 59.9 Å². The quantitative estimate of drug-likeness (QED) is 0.248. The SMILES string of the molecule is CCOc1ccc2ccccc2c1-c1c(OCC)c([C@@]23OCC(C)(C)[C@]2(C(C)(C)C)OO3)cc2cc(O)ccc12. The summed E-state index contributed by atoms with van der Waals surface area (Å²) in [6.45, 7) is 16.2. The fourth-order valence-electron chi connectivity index (χ4n) is 7.16. The van der Waals surface area contributed by atoms with Crippen molar-refractivity contribution in [3.05, 3.63) is 66.2 Å². The summed E-state index contributed by atoms with van der Waals surface area (Å²) in [5.74, 6) is 0.373. The third-order valence-corrected chi connectivity index (χ3v) is 8.55. The standard InChI is InChI=1S/C34H38O6/c1-8-36-27-17-14-21-12-10-11-13-24(21)28(27)29-25-16-15-23(35)18-22(25)19-26(30(29)37-9-2)33-34(40-39-33,31(3,4)5)32(6,7)20-38-33/h10-19,35H,8-9,20H2,1-7H3/t33-,34-/m0/s1. The van der Waals surface area contributed by atoms with Crippen LogP contribution in [0.15, 0.2) is 60.7 Å². The molecule has 6 rings (SSSR count). The van der Waals surface area contributed by atoms with E-state index in [1.54, 1.807) is 12.1 Å². The highest BCUT2D eigenvalue weighted by molar-refractivity contribution is 6.10. The molecule has 0 aliphatic carbocycles. The summed E-state index contributed by atoms with van der Waals surface area (Å²) >= 11 is 0. The number of hydrogen-bond donors (Lipinski definition) is 1. The molecule has 1 N–H and O–H groups in total. The Hall–Kier alpha value is -3.32. The van der Waals surface area contributed by atoms with Crippen molar-refractivity contribution in [2.75, 3.05) is 19.8 Å². The molecular formula is C34H38O6. The van der Waals surface area contributed by atoms with Crippen molar-refractivity contribution >= 4 is 21.5 Å². The molecule has 0 spiro atoms. The predicted octanol–water partition coefficient (Wildman–Crippen LogP) is 8.12. The van der Waals surface area contributed by atoms with Crippen LogP contribution < -0.4 is 9.47 Å². The molecule has 4 aromatic carbocycles. The number of benzene rings is 4.